The van der Waals surface area contributed by atoms with Crippen molar-refractivity contribution in [3.8, 4) is 11.5 Å². The van der Waals surface area contributed by atoms with Crippen molar-refractivity contribution in [1.29, 1.82) is 0 Å². The molecule has 0 amide bonds. The fraction of sp³-hybridized carbons (Fsp3) is 0.417. The number of hydrogen-bond acceptors (Lipinski definition) is 4. The molecule has 17 heavy (non-hydrogen) atoms. The van der Waals surface area contributed by atoms with E-state index < -0.39 is 0 Å². The number of pyridine rings is 1. The van der Waals surface area contributed by atoms with Crippen LogP contribution < -0.4 is 5.32 Å². The molecule has 5 nitrogen and oxygen atoms in total. The average Bonchev–Trinajstić information content (AvgIpc) is 2.90. The SMILES string of the molecule is c1ccc(-c2n[nH]c(C3CCCNC3)n2)nc1. The second-order valence-corrected chi connectivity index (χ2v) is 4.30. The van der Waals surface area contributed by atoms with Crippen LogP contribution in [-0.4, -0.2) is 33.3 Å². The second-order valence-electron chi connectivity index (χ2n) is 4.30. The first kappa shape index (κ1) is 10.4. The van der Waals surface area contributed by atoms with E-state index in [2.05, 4.69) is 25.5 Å². The Hall–Kier alpha value is -1.75. The molecule has 3 heterocycles. The van der Waals surface area contributed by atoms with Gasteiger partial charge in [-0.05, 0) is 31.5 Å². The van der Waals surface area contributed by atoms with Crippen molar-refractivity contribution >= 4 is 0 Å². The van der Waals surface area contributed by atoms with Crippen molar-refractivity contribution < 1.29 is 0 Å². The molecule has 1 atom stereocenters. The maximum absolute atomic E-state index is 4.54. The quantitative estimate of drug-likeness (QED) is 0.815. The summed E-state index contributed by atoms with van der Waals surface area (Å²) in [5.74, 6) is 2.11. The topological polar surface area (TPSA) is 66.5 Å². The fourth-order valence-electron chi connectivity index (χ4n) is 2.15. The molecular weight excluding hydrogens is 214 g/mol. The normalized spacial score (nSPS) is 20.4. The van der Waals surface area contributed by atoms with Crippen LogP contribution in [0.25, 0.3) is 11.5 Å². The molecule has 3 rings (SSSR count). The summed E-state index contributed by atoms with van der Waals surface area (Å²) in [6.07, 6.45) is 4.13. The summed E-state index contributed by atoms with van der Waals surface area (Å²) in [7, 11) is 0. The molecular formula is C12H15N5. The predicted molar refractivity (Wildman–Crippen MR) is 64.5 cm³/mol. The Bertz CT molecular complexity index is 473. The summed E-state index contributed by atoms with van der Waals surface area (Å²) in [5.41, 5.74) is 0.818. The highest BCUT2D eigenvalue weighted by atomic mass is 15.2. The van der Waals surface area contributed by atoms with Crippen LogP contribution in [0.15, 0.2) is 24.4 Å². The highest BCUT2D eigenvalue weighted by molar-refractivity contribution is 5.47. The van der Waals surface area contributed by atoms with Crippen LogP contribution in [0.4, 0.5) is 0 Å². The van der Waals surface area contributed by atoms with E-state index in [0.717, 1.165) is 24.6 Å². The van der Waals surface area contributed by atoms with Gasteiger partial charge in [-0.1, -0.05) is 6.07 Å². The van der Waals surface area contributed by atoms with Crippen LogP contribution in [0, 0.1) is 0 Å². The lowest BCUT2D eigenvalue weighted by atomic mass is 9.99. The molecule has 0 spiro atoms. The first-order chi connectivity index (χ1) is 8.43. The molecule has 0 aromatic carbocycles. The highest BCUT2D eigenvalue weighted by Gasteiger charge is 2.19. The van der Waals surface area contributed by atoms with E-state index >= 15 is 0 Å². The van der Waals surface area contributed by atoms with Crippen LogP contribution in [0.2, 0.25) is 0 Å². The van der Waals surface area contributed by atoms with Crippen molar-refractivity contribution in [3.63, 3.8) is 0 Å². The first-order valence-corrected chi connectivity index (χ1v) is 5.98. The minimum absolute atomic E-state index is 0.453. The van der Waals surface area contributed by atoms with Gasteiger partial charge in [0.15, 0.2) is 5.82 Å². The third kappa shape index (κ3) is 2.19. The van der Waals surface area contributed by atoms with Crippen LogP contribution in [0.3, 0.4) is 0 Å². The number of hydrogen-bond donors (Lipinski definition) is 2. The molecule has 2 aromatic heterocycles. The molecule has 1 aliphatic rings. The zero-order chi connectivity index (χ0) is 11.5. The Kier molecular flexibility index (Phi) is 2.83. The Morgan fingerprint density at radius 2 is 2.29 bits per heavy atom. The van der Waals surface area contributed by atoms with Gasteiger partial charge in [0.1, 0.15) is 11.5 Å². The molecule has 0 bridgehead atoms. The van der Waals surface area contributed by atoms with Crippen molar-refractivity contribution in [1.82, 2.24) is 25.5 Å². The van der Waals surface area contributed by atoms with Gasteiger partial charge in [-0.25, -0.2) is 4.98 Å². The summed E-state index contributed by atoms with van der Waals surface area (Å²) in [5, 5.41) is 10.6. The molecule has 1 aliphatic heterocycles. The van der Waals surface area contributed by atoms with Gasteiger partial charge in [-0.2, -0.15) is 5.10 Å². The highest BCUT2D eigenvalue weighted by Crippen LogP contribution is 2.21. The summed E-state index contributed by atoms with van der Waals surface area (Å²) >= 11 is 0. The Morgan fingerprint density at radius 3 is 3.06 bits per heavy atom. The molecule has 5 heteroatoms. The zero-order valence-electron chi connectivity index (χ0n) is 9.56. The maximum Gasteiger partial charge on any atom is 0.199 e. The van der Waals surface area contributed by atoms with Crippen LogP contribution >= 0.6 is 0 Å². The number of piperidine rings is 1. The third-order valence-electron chi connectivity index (χ3n) is 3.08. The van der Waals surface area contributed by atoms with Crippen molar-refractivity contribution in [2.75, 3.05) is 13.1 Å². The smallest absolute Gasteiger partial charge is 0.199 e. The monoisotopic (exact) mass is 229 g/mol. The Morgan fingerprint density at radius 1 is 1.29 bits per heavy atom. The standard InChI is InChI=1S/C12H15N5/c1-2-7-14-10(5-1)12-15-11(16-17-12)9-4-3-6-13-8-9/h1-2,5,7,9,13H,3-4,6,8H2,(H,15,16,17). The Balaban J connectivity index is 1.83. The molecule has 1 saturated heterocycles. The fourth-order valence-corrected chi connectivity index (χ4v) is 2.15. The molecule has 0 radical (unpaired) electrons. The first-order valence-electron chi connectivity index (χ1n) is 5.98. The number of aromatic nitrogens is 4. The van der Waals surface area contributed by atoms with Crippen molar-refractivity contribution in [2.24, 2.45) is 0 Å². The van der Waals surface area contributed by atoms with Gasteiger partial charge >= 0.3 is 0 Å². The summed E-state index contributed by atoms with van der Waals surface area (Å²) in [6.45, 7) is 2.09. The summed E-state index contributed by atoms with van der Waals surface area (Å²) < 4.78 is 0. The molecule has 1 unspecified atom stereocenters. The zero-order valence-corrected chi connectivity index (χ0v) is 9.56. The van der Waals surface area contributed by atoms with Crippen molar-refractivity contribution in [2.45, 2.75) is 18.8 Å². The Labute approximate surface area is 99.7 Å². The van der Waals surface area contributed by atoms with Gasteiger partial charge in [0.2, 0.25) is 0 Å². The number of nitrogens with zero attached hydrogens (tertiary/aromatic N) is 3. The van der Waals surface area contributed by atoms with Gasteiger partial charge in [-0.3, -0.25) is 10.1 Å². The number of nitrogens with one attached hydrogen (secondary N) is 2. The minimum atomic E-state index is 0.453. The molecule has 0 aliphatic carbocycles. The summed E-state index contributed by atoms with van der Waals surface area (Å²) in [4.78, 5) is 8.78. The maximum atomic E-state index is 4.54. The van der Waals surface area contributed by atoms with E-state index in [0.29, 0.717) is 11.7 Å². The number of aromatic amines is 1. The third-order valence-corrected chi connectivity index (χ3v) is 3.08. The molecule has 2 aromatic rings. The molecule has 1 fully saturated rings. The van der Waals surface area contributed by atoms with E-state index in [-0.39, 0.29) is 0 Å². The van der Waals surface area contributed by atoms with Gasteiger partial charge in [0.25, 0.3) is 0 Å². The predicted octanol–water partition coefficient (Wildman–Crippen LogP) is 1.33. The van der Waals surface area contributed by atoms with Gasteiger partial charge < -0.3 is 5.32 Å². The van der Waals surface area contributed by atoms with E-state index in [4.69, 9.17) is 0 Å². The number of rotatable bonds is 2. The van der Waals surface area contributed by atoms with Crippen LogP contribution in [0.1, 0.15) is 24.6 Å². The largest absolute Gasteiger partial charge is 0.316 e. The van der Waals surface area contributed by atoms with Gasteiger partial charge in [0, 0.05) is 18.7 Å². The van der Waals surface area contributed by atoms with Crippen molar-refractivity contribution in [3.05, 3.63) is 30.2 Å². The molecule has 0 saturated carbocycles. The van der Waals surface area contributed by atoms with Crippen LogP contribution in [-0.2, 0) is 0 Å². The van der Waals surface area contributed by atoms with E-state index in [1.807, 2.05) is 18.2 Å². The van der Waals surface area contributed by atoms with Gasteiger partial charge in [-0.15, -0.1) is 0 Å². The average molecular weight is 229 g/mol. The lowest BCUT2D eigenvalue weighted by Gasteiger charge is -2.20. The summed E-state index contributed by atoms with van der Waals surface area (Å²) in [6, 6.07) is 5.76. The lowest BCUT2D eigenvalue weighted by Crippen LogP contribution is -2.28. The second kappa shape index (κ2) is 4.63. The van der Waals surface area contributed by atoms with Crippen LogP contribution in [0.5, 0.6) is 0 Å². The van der Waals surface area contributed by atoms with E-state index in [1.54, 1.807) is 6.20 Å². The van der Waals surface area contributed by atoms with E-state index in [9.17, 15) is 0 Å². The lowest BCUT2D eigenvalue weighted by molar-refractivity contribution is 0.447. The molecule has 88 valence electrons. The van der Waals surface area contributed by atoms with Gasteiger partial charge in [0.05, 0.1) is 0 Å². The molecule has 2 N–H and O–H groups in total. The van der Waals surface area contributed by atoms with E-state index in [1.165, 1.54) is 12.8 Å². The number of H-pyrrole nitrogens is 1. The minimum Gasteiger partial charge on any atom is -0.316 e.